The van der Waals surface area contributed by atoms with Crippen molar-refractivity contribution in [2.75, 3.05) is 36.4 Å². The summed E-state index contributed by atoms with van der Waals surface area (Å²) in [6, 6.07) is 6.50. The number of aromatic carboxylic acids is 1. The van der Waals surface area contributed by atoms with Gasteiger partial charge in [-0.05, 0) is 56.4 Å². The zero-order chi connectivity index (χ0) is 27.8. The molecule has 2 aliphatic rings. The van der Waals surface area contributed by atoms with E-state index in [-0.39, 0.29) is 28.4 Å². The van der Waals surface area contributed by atoms with Gasteiger partial charge in [-0.2, -0.15) is 0 Å². The van der Waals surface area contributed by atoms with E-state index in [2.05, 4.69) is 15.2 Å². The summed E-state index contributed by atoms with van der Waals surface area (Å²) in [4.78, 5) is 50.8. The second kappa shape index (κ2) is 10.8. The third-order valence-electron chi connectivity index (χ3n) is 7.84. The number of anilines is 2. The lowest BCUT2D eigenvalue weighted by Crippen LogP contribution is -2.50. The first kappa shape index (κ1) is 26.9. The summed E-state index contributed by atoms with van der Waals surface area (Å²) < 4.78 is 1.57. The van der Waals surface area contributed by atoms with Crippen LogP contribution in [0.1, 0.15) is 60.3 Å². The van der Waals surface area contributed by atoms with Gasteiger partial charge in [0.15, 0.2) is 5.69 Å². The lowest BCUT2D eigenvalue weighted by atomic mass is 9.82. The van der Waals surface area contributed by atoms with Crippen LogP contribution in [0.4, 0.5) is 11.6 Å². The fourth-order valence-corrected chi connectivity index (χ4v) is 5.56. The molecule has 2 aromatic heterocycles. The summed E-state index contributed by atoms with van der Waals surface area (Å²) in [6.07, 6.45) is 4.15. The first-order valence-corrected chi connectivity index (χ1v) is 13.7. The Kier molecular flexibility index (Phi) is 7.48. The number of rotatable bonds is 7. The van der Waals surface area contributed by atoms with Crippen molar-refractivity contribution in [2.24, 2.45) is 13.0 Å². The molecule has 1 saturated heterocycles. The van der Waals surface area contributed by atoms with Gasteiger partial charge in [-0.25, -0.2) is 14.8 Å². The molecule has 0 spiro atoms. The van der Waals surface area contributed by atoms with E-state index in [0.29, 0.717) is 61.1 Å². The van der Waals surface area contributed by atoms with E-state index >= 15 is 0 Å². The van der Waals surface area contributed by atoms with Crippen LogP contribution in [0.2, 0.25) is 5.15 Å². The van der Waals surface area contributed by atoms with Crippen LogP contribution in [0.15, 0.2) is 29.1 Å². The highest BCUT2D eigenvalue weighted by Crippen LogP contribution is 2.31. The van der Waals surface area contributed by atoms with Gasteiger partial charge < -0.3 is 20.2 Å². The van der Waals surface area contributed by atoms with Crippen molar-refractivity contribution in [1.82, 2.24) is 19.4 Å². The molecule has 1 aliphatic carbocycles. The fourth-order valence-electron chi connectivity index (χ4n) is 5.41. The van der Waals surface area contributed by atoms with Gasteiger partial charge in [0.2, 0.25) is 11.9 Å². The number of carbonyl (C=O) groups is 2. The minimum absolute atomic E-state index is 0.0891. The molecule has 206 valence electrons. The number of hydrogen-bond acceptors (Lipinski definition) is 7. The van der Waals surface area contributed by atoms with Crippen molar-refractivity contribution in [3.05, 3.63) is 56.6 Å². The molecule has 3 heterocycles. The zero-order valence-corrected chi connectivity index (χ0v) is 23.2. The van der Waals surface area contributed by atoms with E-state index in [1.165, 1.54) is 12.5 Å². The molecule has 11 heteroatoms. The average molecular weight is 553 g/mol. The highest BCUT2D eigenvalue weighted by molar-refractivity contribution is 6.29. The number of nitrogens with one attached hydrogen (secondary N) is 1. The predicted octanol–water partition coefficient (Wildman–Crippen LogP) is 4.00. The van der Waals surface area contributed by atoms with Gasteiger partial charge in [-0.1, -0.05) is 24.1 Å². The van der Waals surface area contributed by atoms with Crippen LogP contribution in [0.25, 0.3) is 10.9 Å². The minimum Gasteiger partial charge on any atom is -0.476 e. The molecule has 10 nitrogen and oxygen atoms in total. The van der Waals surface area contributed by atoms with E-state index in [0.717, 1.165) is 24.0 Å². The molecular weight excluding hydrogens is 520 g/mol. The maximum absolute atomic E-state index is 13.5. The van der Waals surface area contributed by atoms with Crippen LogP contribution in [-0.2, 0) is 11.8 Å². The second-order valence-corrected chi connectivity index (χ2v) is 11.0. The lowest BCUT2D eigenvalue weighted by Gasteiger charge is -2.37. The predicted molar refractivity (Wildman–Crippen MR) is 151 cm³/mol. The number of pyridine rings is 1. The number of carboxylic acids is 1. The number of fused-ring (bicyclic) bond motifs is 1. The van der Waals surface area contributed by atoms with Gasteiger partial charge in [-0.15, -0.1) is 0 Å². The van der Waals surface area contributed by atoms with Crippen molar-refractivity contribution in [3.63, 3.8) is 0 Å². The minimum atomic E-state index is -1.19. The molecule has 1 aliphatic heterocycles. The van der Waals surface area contributed by atoms with Crippen LogP contribution < -0.4 is 15.8 Å². The third-order valence-corrected chi connectivity index (χ3v) is 8.05. The highest BCUT2D eigenvalue weighted by Gasteiger charge is 2.28. The Balaban J connectivity index is 1.44. The van der Waals surface area contributed by atoms with E-state index in [4.69, 9.17) is 16.6 Å². The maximum atomic E-state index is 13.5. The third kappa shape index (κ3) is 5.43. The fraction of sp³-hybridized carbons (Fsp3) is 0.464. The quantitative estimate of drug-likeness (QED) is 0.422. The summed E-state index contributed by atoms with van der Waals surface area (Å²) >= 11 is 5.92. The lowest BCUT2D eigenvalue weighted by molar-refractivity contribution is -0.133. The summed E-state index contributed by atoms with van der Waals surface area (Å²) in [5, 5.41) is 13.4. The molecule has 1 saturated carbocycles. The van der Waals surface area contributed by atoms with E-state index in [9.17, 15) is 19.5 Å². The van der Waals surface area contributed by atoms with E-state index < -0.39 is 5.97 Å². The number of benzene rings is 1. The van der Waals surface area contributed by atoms with Gasteiger partial charge in [0.05, 0.1) is 22.6 Å². The van der Waals surface area contributed by atoms with E-state index in [1.54, 1.807) is 17.7 Å². The molecule has 0 unspecified atom stereocenters. The Morgan fingerprint density at radius 1 is 1.15 bits per heavy atom. The van der Waals surface area contributed by atoms with Crippen LogP contribution in [-0.4, -0.2) is 62.6 Å². The number of aryl methyl sites for hydroxylation is 1. The summed E-state index contributed by atoms with van der Waals surface area (Å²) in [5.41, 5.74) is 2.20. The molecular formula is C28H33ClN6O4. The van der Waals surface area contributed by atoms with Crippen LogP contribution in [0, 0.1) is 12.8 Å². The topological polar surface area (TPSA) is 121 Å². The normalized spacial score (nSPS) is 16.7. The molecule has 2 fully saturated rings. The Morgan fingerprint density at radius 3 is 2.51 bits per heavy atom. The molecule has 1 aromatic carbocycles. The molecule has 3 aromatic rings. The number of carboxylic acid groups (broad SMARTS) is 1. The number of hydrogen-bond donors (Lipinski definition) is 2. The van der Waals surface area contributed by atoms with Gasteiger partial charge in [0.25, 0.3) is 5.56 Å². The Bertz CT molecular complexity index is 1490. The molecule has 0 radical (unpaired) electrons. The summed E-state index contributed by atoms with van der Waals surface area (Å²) in [5.74, 6) is 0.108. The average Bonchev–Trinajstić information content (AvgIpc) is 2.89. The highest BCUT2D eigenvalue weighted by atomic mass is 35.5. The molecule has 5 rings (SSSR count). The Labute approximate surface area is 231 Å². The number of carbonyl (C=O) groups excluding carboxylic acids is 1. The Morgan fingerprint density at radius 2 is 1.87 bits per heavy atom. The number of aromatic nitrogens is 3. The summed E-state index contributed by atoms with van der Waals surface area (Å²) in [7, 11) is 1.72. The standard InChI is InChI=1S/C28H33ClN6O4/c1-16-13-19(17(2)30-21-7-8-22(29)31-25(21)27(38)39)24-20(14-16)26(37)33(3)28(32-24)35-11-9-34(10-12-35)23(36)15-18-5-4-6-18/h7-8,13-14,17-18,30H,4-6,9-12,15H2,1-3H3,(H,38,39)/t17-/m1/s1. The van der Waals surface area contributed by atoms with Crippen molar-refractivity contribution in [3.8, 4) is 0 Å². The SMILES string of the molecule is Cc1cc([C@@H](C)Nc2ccc(Cl)nc2C(=O)O)c2nc(N3CCN(C(=O)CC4CCC4)CC3)n(C)c(=O)c2c1. The van der Waals surface area contributed by atoms with Gasteiger partial charge >= 0.3 is 5.97 Å². The number of halogens is 1. The van der Waals surface area contributed by atoms with Gasteiger partial charge in [-0.3, -0.25) is 14.2 Å². The van der Waals surface area contributed by atoms with Crippen LogP contribution in [0.5, 0.6) is 0 Å². The largest absolute Gasteiger partial charge is 0.476 e. The maximum Gasteiger partial charge on any atom is 0.356 e. The number of amides is 1. The van der Waals surface area contributed by atoms with E-state index in [1.807, 2.05) is 30.9 Å². The monoisotopic (exact) mass is 552 g/mol. The van der Waals surface area contributed by atoms with Crippen molar-refractivity contribution >= 4 is 46.0 Å². The first-order chi connectivity index (χ1) is 18.6. The second-order valence-electron chi connectivity index (χ2n) is 10.6. The summed E-state index contributed by atoms with van der Waals surface area (Å²) in [6.45, 7) is 6.18. The first-order valence-electron chi connectivity index (χ1n) is 13.3. The van der Waals surface area contributed by atoms with Crippen molar-refractivity contribution in [1.29, 1.82) is 0 Å². The molecule has 39 heavy (non-hydrogen) atoms. The van der Waals surface area contributed by atoms with Crippen LogP contribution in [0.3, 0.4) is 0 Å². The number of piperazine rings is 1. The smallest absolute Gasteiger partial charge is 0.356 e. The molecule has 2 N–H and O–H groups in total. The van der Waals surface area contributed by atoms with Crippen LogP contribution >= 0.6 is 11.6 Å². The molecule has 1 amide bonds. The zero-order valence-electron chi connectivity index (χ0n) is 22.4. The Hall–Kier alpha value is -3.66. The molecule has 1 atom stereocenters. The van der Waals surface area contributed by atoms with Gasteiger partial charge in [0, 0.05) is 45.2 Å². The van der Waals surface area contributed by atoms with Gasteiger partial charge in [0.1, 0.15) is 5.15 Å². The number of nitrogens with zero attached hydrogens (tertiary/aromatic N) is 5. The van der Waals surface area contributed by atoms with Crippen molar-refractivity contribution in [2.45, 2.75) is 45.6 Å². The molecule has 0 bridgehead atoms. The van der Waals surface area contributed by atoms with Crippen molar-refractivity contribution < 1.29 is 14.7 Å².